The number of cyclic esters (lactones) is 1. The van der Waals surface area contributed by atoms with Crippen LogP contribution in [0, 0.1) is 0 Å². The van der Waals surface area contributed by atoms with E-state index in [0.29, 0.717) is 11.5 Å². The number of esters is 1. The third kappa shape index (κ3) is 2.02. The predicted octanol–water partition coefficient (Wildman–Crippen LogP) is 3.31. The standard InChI is InChI=1S/C14H9NO2S/c16-14-12-9-5-4-8-11(12)13(17-14)15-18-10-6-2-1-3-7-10/h1-9H. The Labute approximate surface area is 109 Å². The van der Waals surface area contributed by atoms with E-state index in [1.165, 1.54) is 11.9 Å². The summed E-state index contributed by atoms with van der Waals surface area (Å²) in [6, 6.07) is 17.0. The van der Waals surface area contributed by atoms with E-state index in [1.54, 1.807) is 6.07 Å². The Hall–Kier alpha value is -2.07. The summed E-state index contributed by atoms with van der Waals surface area (Å²) >= 11 is 1.29. The number of fused-ring (bicyclic) bond motifs is 1. The summed E-state index contributed by atoms with van der Waals surface area (Å²) in [6.07, 6.45) is 0. The number of hydrogen-bond acceptors (Lipinski definition) is 4. The molecule has 1 heterocycles. The number of rotatable bonds is 2. The zero-order chi connectivity index (χ0) is 12.4. The van der Waals surface area contributed by atoms with Gasteiger partial charge < -0.3 is 4.74 Å². The molecule has 0 spiro atoms. The van der Waals surface area contributed by atoms with Crippen LogP contribution in [0.3, 0.4) is 0 Å². The summed E-state index contributed by atoms with van der Waals surface area (Å²) in [4.78, 5) is 12.6. The van der Waals surface area contributed by atoms with Gasteiger partial charge in [0.25, 0.3) is 0 Å². The summed E-state index contributed by atoms with van der Waals surface area (Å²) in [5.41, 5.74) is 1.33. The van der Waals surface area contributed by atoms with Crippen LogP contribution in [0.4, 0.5) is 0 Å². The molecule has 0 atom stereocenters. The Morgan fingerprint density at radius 2 is 1.56 bits per heavy atom. The quantitative estimate of drug-likeness (QED) is 0.610. The minimum absolute atomic E-state index is 0.335. The molecule has 2 aromatic carbocycles. The molecule has 0 unspecified atom stereocenters. The summed E-state index contributed by atoms with van der Waals surface area (Å²) in [5.74, 6) is 0.0439. The topological polar surface area (TPSA) is 38.7 Å². The smallest absolute Gasteiger partial charge is 0.345 e. The van der Waals surface area contributed by atoms with Crippen molar-refractivity contribution in [2.24, 2.45) is 4.40 Å². The molecule has 3 rings (SSSR count). The fourth-order valence-corrected chi connectivity index (χ4v) is 2.29. The van der Waals surface area contributed by atoms with Crippen molar-refractivity contribution in [3.63, 3.8) is 0 Å². The Balaban J connectivity index is 1.89. The highest BCUT2D eigenvalue weighted by molar-refractivity contribution is 7.98. The maximum atomic E-state index is 11.6. The molecule has 0 saturated heterocycles. The molecule has 0 aliphatic carbocycles. The lowest BCUT2D eigenvalue weighted by molar-refractivity contribution is 0.0738. The van der Waals surface area contributed by atoms with Crippen LogP contribution in [0.25, 0.3) is 0 Å². The SMILES string of the molecule is O=C1OC(=NSc2ccccc2)c2ccccc21. The first-order chi connectivity index (χ1) is 8.84. The minimum atomic E-state index is -0.335. The molecule has 4 heteroatoms. The monoisotopic (exact) mass is 255 g/mol. The zero-order valence-corrected chi connectivity index (χ0v) is 10.2. The third-order valence-electron chi connectivity index (χ3n) is 2.54. The Morgan fingerprint density at radius 3 is 2.33 bits per heavy atom. The van der Waals surface area contributed by atoms with Crippen molar-refractivity contribution in [2.45, 2.75) is 4.90 Å². The molecule has 0 radical (unpaired) electrons. The Bertz CT molecular complexity index is 623. The number of ether oxygens (including phenoxy) is 1. The number of carbonyl (C=O) groups is 1. The van der Waals surface area contributed by atoms with E-state index in [-0.39, 0.29) is 5.97 Å². The van der Waals surface area contributed by atoms with E-state index in [0.717, 1.165) is 10.5 Å². The molecule has 2 aromatic rings. The van der Waals surface area contributed by atoms with Crippen molar-refractivity contribution in [1.82, 2.24) is 0 Å². The van der Waals surface area contributed by atoms with Crippen LogP contribution in [-0.2, 0) is 4.74 Å². The highest BCUT2D eigenvalue weighted by Gasteiger charge is 2.27. The minimum Gasteiger partial charge on any atom is -0.403 e. The summed E-state index contributed by atoms with van der Waals surface area (Å²) in [6.45, 7) is 0. The fraction of sp³-hybridized carbons (Fsp3) is 0. The number of carbonyl (C=O) groups excluding carboxylic acids is 1. The number of benzene rings is 2. The van der Waals surface area contributed by atoms with E-state index in [4.69, 9.17) is 4.74 Å². The zero-order valence-electron chi connectivity index (χ0n) is 9.37. The lowest BCUT2D eigenvalue weighted by Crippen LogP contribution is -1.98. The molecular formula is C14H9NO2S. The highest BCUT2D eigenvalue weighted by Crippen LogP contribution is 2.25. The second-order valence-electron chi connectivity index (χ2n) is 3.74. The molecule has 18 heavy (non-hydrogen) atoms. The molecule has 0 bridgehead atoms. The van der Waals surface area contributed by atoms with Crippen LogP contribution < -0.4 is 0 Å². The van der Waals surface area contributed by atoms with E-state index in [9.17, 15) is 4.79 Å². The van der Waals surface area contributed by atoms with Gasteiger partial charge in [0.2, 0.25) is 5.90 Å². The van der Waals surface area contributed by atoms with Crippen molar-refractivity contribution in [1.29, 1.82) is 0 Å². The van der Waals surface area contributed by atoms with Crippen molar-refractivity contribution in [2.75, 3.05) is 0 Å². The third-order valence-corrected chi connectivity index (χ3v) is 3.28. The van der Waals surface area contributed by atoms with E-state index < -0.39 is 0 Å². The summed E-state index contributed by atoms with van der Waals surface area (Å²) < 4.78 is 9.42. The van der Waals surface area contributed by atoms with Gasteiger partial charge in [0, 0.05) is 16.8 Å². The molecule has 0 aromatic heterocycles. The van der Waals surface area contributed by atoms with Gasteiger partial charge in [-0.25, -0.2) is 4.79 Å². The second kappa shape index (κ2) is 4.66. The number of hydrogen-bond donors (Lipinski definition) is 0. The van der Waals surface area contributed by atoms with Gasteiger partial charge in [0.05, 0.1) is 11.1 Å². The molecular weight excluding hydrogens is 246 g/mol. The lowest BCUT2D eigenvalue weighted by Gasteiger charge is -1.97. The van der Waals surface area contributed by atoms with Crippen molar-refractivity contribution in [3.05, 3.63) is 65.7 Å². The lowest BCUT2D eigenvalue weighted by atomic mass is 10.1. The average Bonchev–Trinajstić information content (AvgIpc) is 2.75. The normalized spacial score (nSPS) is 15.6. The predicted molar refractivity (Wildman–Crippen MR) is 70.7 cm³/mol. The van der Waals surface area contributed by atoms with Crippen molar-refractivity contribution < 1.29 is 9.53 Å². The van der Waals surface area contributed by atoms with Crippen molar-refractivity contribution in [3.8, 4) is 0 Å². The molecule has 3 nitrogen and oxygen atoms in total. The van der Waals surface area contributed by atoms with Gasteiger partial charge in [0.1, 0.15) is 0 Å². The first kappa shape index (κ1) is 11.0. The van der Waals surface area contributed by atoms with Gasteiger partial charge in [-0.15, -0.1) is 0 Å². The second-order valence-corrected chi connectivity index (χ2v) is 4.57. The molecule has 0 amide bonds. The maximum Gasteiger partial charge on any atom is 0.345 e. The molecule has 88 valence electrons. The molecule has 0 N–H and O–H groups in total. The Kier molecular flexibility index (Phi) is 2.86. The van der Waals surface area contributed by atoms with Crippen LogP contribution in [0.5, 0.6) is 0 Å². The van der Waals surface area contributed by atoms with Gasteiger partial charge in [-0.1, -0.05) is 30.3 Å². The summed E-state index contributed by atoms with van der Waals surface area (Å²) in [5, 5.41) is 0. The fourth-order valence-electron chi connectivity index (χ4n) is 1.69. The summed E-state index contributed by atoms with van der Waals surface area (Å²) in [7, 11) is 0. The van der Waals surface area contributed by atoms with E-state index in [2.05, 4.69) is 4.40 Å². The van der Waals surface area contributed by atoms with E-state index in [1.807, 2.05) is 48.5 Å². The van der Waals surface area contributed by atoms with Gasteiger partial charge in [-0.2, -0.15) is 4.40 Å². The van der Waals surface area contributed by atoms with Crippen LogP contribution in [0.2, 0.25) is 0 Å². The Morgan fingerprint density at radius 1 is 0.889 bits per heavy atom. The molecule has 0 saturated carbocycles. The van der Waals surface area contributed by atoms with Gasteiger partial charge in [0.15, 0.2) is 0 Å². The number of nitrogens with zero attached hydrogens (tertiary/aromatic N) is 1. The molecule has 0 fully saturated rings. The van der Waals surface area contributed by atoms with Crippen LogP contribution in [-0.4, -0.2) is 11.9 Å². The maximum absolute atomic E-state index is 11.6. The molecule has 1 aliphatic heterocycles. The van der Waals surface area contributed by atoms with Gasteiger partial charge in [-0.3, -0.25) is 0 Å². The largest absolute Gasteiger partial charge is 0.403 e. The van der Waals surface area contributed by atoms with Gasteiger partial charge >= 0.3 is 5.97 Å². The van der Waals surface area contributed by atoms with Crippen molar-refractivity contribution >= 4 is 23.8 Å². The first-order valence-electron chi connectivity index (χ1n) is 5.46. The van der Waals surface area contributed by atoms with Crippen LogP contribution >= 0.6 is 11.9 Å². The molecule has 1 aliphatic rings. The van der Waals surface area contributed by atoms with Gasteiger partial charge in [-0.05, 0) is 24.3 Å². The van der Waals surface area contributed by atoms with E-state index >= 15 is 0 Å². The first-order valence-corrected chi connectivity index (χ1v) is 6.23. The average molecular weight is 255 g/mol. The van der Waals surface area contributed by atoms with Crippen LogP contribution in [0.1, 0.15) is 15.9 Å². The van der Waals surface area contributed by atoms with Crippen LogP contribution in [0.15, 0.2) is 63.9 Å². The highest BCUT2D eigenvalue weighted by atomic mass is 32.2.